The molecule has 0 saturated carbocycles. The molecule has 2 aromatic carbocycles. The Labute approximate surface area is 163 Å². The molecule has 0 radical (unpaired) electrons. The molecule has 0 bridgehead atoms. The summed E-state index contributed by atoms with van der Waals surface area (Å²) in [6.45, 7) is 0.550. The van der Waals surface area contributed by atoms with Gasteiger partial charge in [0.1, 0.15) is 5.75 Å². The number of nitrogens with two attached hydrogens (primary N) is 1. The topological polar surface area (TPSA) is 112 Å². The first kappa shape index (κ1) is 19.5. The smallest absolute Gasteiger partial charge is 0.184 e. The molecule has 148 valence electrons. The van der Waals surface area contributed by atoms with Crippen LogP contribution in [0.3, 0.4) is 0 Å². The summed E-state index contributed by atoms with van der Waals surface area (Å²) in [4.78, 5) is 8.96. The first-order chi connectivity index (χ1) is 13.7. The van der Waals surface area contributed by atoms with Crippen LogP contribution in [0.5, 0.6) is 17.2 Å². The maximum atomic E-state index is 8.96. The van der Waals surface area contributed by atoms with Crippen molar-refractivity contribution in [2.24, 2.45) is 0 Å². The Kier molecular flexibility index (Phi) is 6.33. The van der Waals surface area contributed by atoms with E-state index in [1.54, 1.807) is 26.4 Å². The number of aromatic nitrogens is 2. The summed E-state index contributed by atoms with van der Waals surface area (Å²) in [5.74, 6) is 2.30. The monoisotopic (exact) mass is 384 g/mol. The van der Waals surface area contributed by atoms with Gasteiger partial charge >= 0.3 is 0 Å². The molecule has 0 aliphatic rings. The summed E-state index contributed by atoms with van der Waals surface area (Å²) in [6, 6.07) is 11.0. The zero-order valence-corrected chi connectivity index (χ0v) is 15.9. The number of rotatable bonds is 9. The Bertz CT molecular complexity index is 949. The lowest BCUT2D eigenvalue weighted by Crippen LogP contribution is -2.07. The molecule has 0 saturated heterocycles. The van der Waals surface area contributed by atoms with Gasteiger partial charge in [-0.2, -0.15) is 0 Å². The molecule has 3 rings (SSSR count). The maximum absolute atomic E-state index is 8.96. The number of fused-ring (bicyclic) bond motifs is 1. The van der Waals surface area contributed by atoms with Gasteiger partial charge in [0, 0.05) is 18.7 Å². The molecule has 8 nitrogen and oxygen atoms in total. The van der Waals surface area contributed by atoms with Crippen LogP contribution in [0.4, 0.5) is 17.3 Å². The summed E-state index contributed by atoms with van der Waals surface area (Å²) < 4.78 is 16.7. The fraction of sp³-hybridized carbons (Fsp3) is 0.300. The van der Waals surface area contributed by atoms with E-state index < -0.39 is 0 Å². The normalized spacial score (nSPS) is 10.7. The minimum absolute atomic E-state index is 0.122. The van der Waals surface area contributed by atoms with Crippen molar-refractivity contribution >= 4 is 28.4 Å². The Morgan fingerprint density at radius 2 is 1.79 bits per heavy atom. The molecule has 28 heavy (non-hydrogen) atoms. The highest BCUT2D eigenvalue weighted by Crippen LogP contribution is 2.41. The number of anilines is 3. The molecule has 0 aliphatic heterocycles. The van der Waals surface area contributed by atoms with Crippen LogP contribution in [0, 0.1) is 0 Å². The average molecular weight is 384 g/mol. The van der Waals surface area contributed by atoms with Crippen LogP contribution in [0.2, 0.25) is 0 Å². The molecule has 0 spiro atoms. The van der Waals surface area contributed by atoms with Crippen LogP contribution in [-0.2, 0) is 0 Å². The lowest BCUT2D eigenvalue weighted by molar-refractivity contribution is 0.248. The number of para-hydroxylation sites is 2. The van der Waals surface area contributed by atoms with Gasteiger partial charge in [-0.15, -0.1) is 0 Å². The number of hydrogen-bond acceptors (Lipinski definition) is 8. The van der Waals surface area contributed by atoms with Crippen molar-refractivity contribution in [2.45, 2.75) is 12.8 Å². The van der Waals surface area contributed by atoms with Gasteiger partial charge in [0.05, 0.1) is 37.5 Å². The molecule has 8 heteroatoms. The van der Waals surface area contributed by atoms with Gasteiger partial charge < -0.3 is 30.4 Å². The van der Waals surface area contributed by atoms with Gasteiger partial charge in [-0.05, 0) is 25.0 Å². The van der Waals surface area contributed by atoms with Gasteiger partial charge in [-0.1, -0.05) is 12.1 Å². The highest BCUT2D eigenvalue weighted by atomic mass is 16.5. The third-order valence-electron chi connectivity index (χ3n) is 4.13. The van der Waals surface area contributed by atoms with Gasteiger partial charge in [0.15, 0.2) is 23.1 Å². The van der Waals surface area contributed by atoms with E-state index in [0.29, 0.717) is 53.7 Å². The molecule has 4 N–H and O–H groups in total. The molecular weight excluding hydrogens is 360 g/mol. The highest BCUT2D eigenvalue weighted by molar-refractivity contribution is 5.82. The predicted molar refractivity (Wildman–Crippen MR) is 109 cm³/mol. The number of benzene rings is 2. The van der Waals surface area contributed by atoms with Crippen LogP contribution in [0.1, 0.15) is 12.8 Å². The number of methoxy groups -OCH3 is 2. The quantitative estimate of drug-likeness (QED) is 0.483. The van der Waals surface area contributed by atoms with Crippen molar-refractivity contribution < 1.29 is 19.3 Å². The maximum Gasteiger partial charge on any atom is 0.184 e. The van der Waals surface area contributed by atoms with Crippen LogP contribution in [-0.4, -0.2) is 42.5 Å². The van der Waals surface area contributed by atoms with Crippen LogP contribution in [0.15, 0.2) is 36.4 Å². The van der Waals surface area contributed by atoms with E-state index in [-0.39, 0.29) is 12.4 Å². The molecule has 3 aromatic rings. The van der Waals surface area contributed by atoms with Crippen molar-refractivity contribution in [3.63, 3.8) is 0 Å². The van der Waals surface area contributed by atoms with E-state index in [4.69, 9.17) is 25.1 Å². The second kappa shape index (κ2) is 9.09. The van der Waals surface area contributed by atoms with E-state index >= 15 is 0 Å². The Balaban J connectivity index is 1.98. The van der Waals surface area contributed by atoms with E-state index in [2.05, 4.69) is 15.3 Å². The van der Waals surface area contributed by atoms with Crippen LogP contribution < -0.4 is 25.3 Å². The largest absolute Gasteiger partial charge is 0.497 e. The fourth-order valence-corrected chi connectivity index (χ4v) is 2.71. The second-order valence-electron chi connectivity index (χ2n) is 6.06. The fourth-order valence-electron chi connectivity index (χ4n) is 2.71. The van der Waals surface area contributed by atoms with Gasteiger partial charge in [-0.25, -0.2) is 9.97 Å². The lowest BCUT2D eigenvalue weighted by atomic mass is 10.2. The third-order valence-corrected chi connectivity index (χ3v) is 4.13. The van der Waals surface area contributed by atoms with E-state index in [1.165, 1.54) is 0 Å². The van der Waals surface area contributed by atoms with Crippen molar-refractivity contribution in [1.29, 1.82) is 0 Å². The van der Waals surface area contributed by atoms with E-state index in [9.17, 15) is 0 Å². The van der Waals surface area contributed by atoms with Crippen molar-refractivity contribution in [1.82, 2.24) is 9.97 Å². The number of nitrogens with zero attached hydrogens (tertiary/aromatic N) is 2. The van der Waals surface area contributed by atoms with Gasteiger partial charge in [-0.3, -0.25) is 0 Å². The molecule has 0 atom stereocenters. The molecule has 1 heterocycles. The zero-order chi connectivity index (χ0) is 19.9. The number of ether oxygens (including phenoxy) is 3. The first-order valence-corrected chi connectivity index (χ1v) is 8.95. The Morgan fingerprint density at radius 1 is 1.04 bits per heavy atom. The molecule has 0 amide bonds. The van der Waals surface area contributed by atoms with Crippen LogP contribution in [0.25, 0.3) is 11.0 Å². The molecule has 1 aromatic heterocycles. The number of hydrogen-bond donors (Lipinski definition) is 3. The summed E-state index contributed by atoms with van der Waals surface area (Å²) in [7, 11) is 3.13. The summed E-state index contributed by atoms with van der Waals surface area (Å²) in [5.41, 5.74) is 8.13. The SMILES string of the molecule is COc1cc(Nc2nc3ccccc3nc2N)c(OCCCCO)c(OC)c1. The van der Waals surface area contributed by atoms with Crippen molar-refractivity contribution in [2.75, 3.05) is 38.5 Å². The summed E-state index contributed by atoms with van der Waals surface area (Å²) in [6.07, 6.45) is 1.37. The zero-order valence-electron chi connectivity index (χ0n) is 15.9. The minimum Gasteiger partial charge on any atom is -0.497 e. The van der Waals surface area contributed by atoms with E-state index in [1.807, 2.05) is 24.3 Å². The number of nitrogens with one attached hydrogen (secondary N) is 1. The molecule has 0 aliphatic carbocycles. The van der Waals surface area contributed by atoms with Crippen molar-refractivity contribution in [3.8, 4) is 17.2 Å². The summed E-state index contributed by atoms with van der Waals surface area (Å²) >= 11 is 0. The number of nitrogen functional groups attached to an aromatic ring is 1. The van der Waals surface area contributed by atoms with Crippen molar-refractivity contribution in [3.05, 3.63) is 36.4 Å². The number of unbranched alkanes of at least 4 members (excludes halogenated alkanes) is 1. The third kappa shape index (κ3) is 4.34. The second-order valence-corrected chi connectivity index (χ2v) is 6.06. The first-order valence-electron chi connectivity index (χ1n) is 8.95. The minimum atomic E-state index is 0.122. The summed E-state index contributed by atoms with van der Waals surface area (Å²) in [5, 5.41) is 12.2. The molecular formula is C20H24N4O4. The van der Waals surface area contributed by atoms with Gasteiger partial charge in [0.25, 0.3) is 0 Å². The lowest BCUT2D eigenvalue weighted by Gasteiger charge is -2.18. The van der Waals surface area contributed by atoms with Crippen LogP contribution >= 0.6 is 0 Å². The average Bonchev–Trinajstić information content (AvgIpc) is 2.72. The molecule has 0 fully saturated rings. The number of aliphatic hydroxyl groups excluding tert-OH is 1. The standard InChI is InChI=1S/C20H24N4O4/c1-26-13-11-16(18(17(12-13)27-2)28-10-6-5-9-25)24-20-19(21)22-14-7-3-4-8-15(14)23-20/h3-4,7-8,11-12,25H,5-6,9-10H2,1-2H3,(H2,21,22)(H,23,24). The molecule has 0 unspecified atom stereocenters. The Hall–Kier alpha value is -3.26. The van der Waals surface area contributed by atoms with E-state index in [0.717, 1.165) is 5.52 Å². The Morgan fingerprint density at radius 3 is 2.46 bits per heavy atom. The highest BCUT2D eigenvalue weighted by Gasteiger charge is 2.16. The predicted octanol–water partition coefficient (Wildman–Crippen LogP) is 3.12. The van der Waals surface area contributed by atoms with Gasteiger partial charge in [0.2, 0.25) is 0 Å². The number of aliphatic hydroxyl groups is 1.